The van der Waals surface area contributed by atoms with Crippen LogP contribution in [0, 0.1) is 11.7 Å². The molecule has 3 aromatic carbocycles. The third-order valence-corrected chi connectivity index (χ3v) is 6.02. The van der Waals surface area contributed by atoms with Crippen LogP contribution in [-0.2, 0) is 0 Å². The summed E-state index contributed by atoms with van der Waals surface area (Å²) in [5.74, 6) is 1.22. The van der Waals surface area contributed by atoms with E-state index in [9.17, 15) is 9.18 Å². The number of anilines is 1. The molecule has 1 amide bonds. The van der Waals surface area contributed by atoms with E-state index in [1.807, 2.05) is 36.4 Å². The Bertz CT molecular complexity index is 993. The van der Waals surface area contributed by atoms with Gasteiger partial charge in [-0.1, -0.05) is 50.5 Å². The number of rotatable bonds is 8. The van der Waals surface area contributed by atoms with Crippen LogP contribution in [0.3, 0.4) is 0 Å². The lowest BCUT2D eigenvalue weighted by molar-refractivity contribution is 0.102. The summed E-state index contributed by atoms with van der Waals surface area (Å²) in [6.07, 6.45) is 6.40. The van der Waals surface area contributed by atoms with Gasteiger partial charge in [-0.15, -0.1) is 0 Å². The number of benzene rings is 3. The van der Waals surface area contributed by atoms with Crippen LogP contribution in [0.5, 0.6) is 5.75 Å². The summed E-state index contributed by atoms with van der Waals surface area (Å²) in [6, 6.07) is 21.2. The summed E-state index contributed by atoms with van der Waals surface area (Å²) >= 11 is 0. The largest absolute Gasteiger partial charge is 0.490 e. The van der Waals surface area contributed by atoms with Gasteiger partial charge in [0.2, 0.25) is 0 Å². The van der Waals surface area contributed by atoms with Crippen LogP contribution >= 0.6 is 0 Å². The van der Waals surface area contributed by atoms with Crippen LogP contribution < -0.4 is 10.1 Å². The third-order valence-electron chi connectivity index (χ3n) is 6.02. The van der Waals surface area contributed by atoms with E-state index in [4.69, 9.17) is 4.74 Å². The van der Waals surface area contributed by atoms with Gasteiger partial charge < -0.3 is 10.1 Å². The van der Waals surface area contributed by atoms with Crippen molar-refractivity contribution in [2.75, 3.05) is 5.32 Å². The monoisotopic (exact) mass is 417 g/mol. The molecule has 3 nitrogen and oxygen atoms in total. The minimum atomic E-state index is -0.264. The molecule has 0 aromatic heterocycles. The molecule has 4 heteroatoms. The van der Waals surface area contributed by atoms with Crippen LogP contribution in [0.1, 0.15) is 49.4 Å². The average molecular weight is 418 g/mol. The fraction of sp³-hybridized carbons (Fsp3) is 0.296. The molecule has 0 bridgehead atoms. The van der Waals surface area contributed by atoms with Crippen molar-refractivity contribution in [3.8, 4) is 16.9 Å². The van der Waals surface area contributed by atoms with Gasteiger partial charge in [0.1, 0.15) is 11.6 Å². The zero-order chi connectivity index (χ0) is 21.6. The zero-order valence-corrected chi connectivity index (χ0v) is 17.8. The average Bonchev–Trinajstić information content (AvgIpc) is 2.77. The van der Waals surface area contributed by atoms with Crippen molar-refractivity contribution in [2.24, 2.45) is 5.92 Å². The lowest BCUT2D eigenvalue weighted by Gasteiger charge is -2.29. The van der Waals surface area contributed by atoms with Crippen molar-refractivity contribution in [3.05, 3.63) is 84.2 Å². The van der Waals surface area contributed by atoms with Gasteiger partial charge in [0.05, 0.1) is 6.10 Å². The van der Waals surface area contributed by atoms with Crippen LogP contribution in [0.25, 0.3) is 11.1 Å². The number of hydrogen-bond donors (Lipinski definition) is 1. The number of ether oxygens (including phenoxy) is 1. The molecule has 1 aliphatic carbocycles. The van der Waals surface area contributed by atoms with E-state index in [2.05, 4.69) is 12.2 Å². The fourth-order valence-corrected chi connectivity index (χ4v) is 3.87. The van der Waals surface area contributed by atoms with E-state index in [1.54, 1.807) is 24.3 Å². The molecule has 0 spiro atoms. The van der Waals surface area contributed by atoms with Gasteiger partial charge in [0.15, 0.2) is 0 Å². The van der Waals surface area contributed by atoms with Gasteiger partial charge in [-0.3, -0.25) is 4.79 Å². The Morgan fingerprint density at radius 3 is 2.13 bits per heavy atom. The first-order valence-electron chi connectivity index (χ1n) is 11.0. The molecule has 1 unspecified atom stereocenters. The van der Waals surface area contributed by atoms with Crippen LogP contribution in [0.4, 0.5) is 10.1 Å². The van der Waals surface area contributed by atoms with Crippen molar-refractivity contribution in [2.45, 2.75) is 45.1 Å². The van der Waals surface area contributed by atoms with Crippen LogP contribution in [-0.4, -0.2) is 12.0 Å². The van der Waals surface area contributed by atoms with Crippen molar-refractivity contribution in [1.29, 1.82) is 0 Å². The Morgan fingerprint density at radius 2 is 1.58 bits per heavy atom. The Labute approximate surface area is 183 Å². The lowest BCUT2D eigenvalue weighted by Crippen LogP contribution is -2.23. The van der Waals surface area contributed by atoms with Gasteiger partial charge in [-0.2, -0.15) is 0 Å². The van der Waals surface area contributed by atoms with Crippen molar-refractivity contribution in [3.63, 3.8) is 0 Å². The lowest BCUT2D eigenvalue weighted by atomic mass is 9.81. The molecule has 160 valence electrons. The minimum Gasteiger partial charge on any atom is -0.490 e. The van der Waals surface area contributed by atoms with E-state index >= 15 is 0 Å². The van der Waals surface area contributed by atoms with Crippen molar-refractivity contribution < 1.29 is 13.9 Å². The normalized spacial score (nSPS) is 14.5. The predicted molar refractivity (Wildman–Crippen MR) is 123 cm³/mol. The molecule has 1 aliphatic rings. The van der Waals surface area contributed by atoms with Crippen LogP contribution in [0.2, 0.25) is 0 Å². The molecule has 1 fully saturated rings. The molecule has 1 saturated carbocycles. The molecule has 31 heavy (non-hydrogen) atoms. The SMILES string of the molecule is CCC(CC1CCC1)Oc1ccc(NC(=O)c2ccc(-c3ccc(F)cc3)cc2)cc1. The number of hydrogen-bond acceptors (Lipinski definition) is 2. The molecule has 0 heterocycles. The second-order valence-corrected chi connectivity index (χ2v) is 8.24. The van der Waals surface area contributed by atoms with Gasteiger partial charge in [0, 0.05) is 11.3 Å². The fourth-order valence-electron chi connectivity index (χ4n) is 3.87. The second kappa shape index (κ2) is 9.78. The maximum atomic E-state index is 13.1. The van der Waals surface area contributed by atoms with E-state index in [1.165, 1.54) is 31.4 Å². The van der Waals surface area contributed by atoms with E-state index in [0.717, 1.165) is 41.3 Å². The number of carbonyl (C=O) groups excluding carboxylic acids is 1. The number of amides is 1. The van der Waals surface area contributed by atoms with Gasteiger partial charge in [-0.05, 0) is 78.4 Å². The highest BCUT2D eigenvalue weighted by atomic mass is 19.1. The first kappa shape index (κ1) is 21.1. The van der Waals surface area contributed by atoms with E-state index in [-0.39, 0.29) is 17.8 Å². The Hall–Kier alpha value is -3.14. The predicted octanol–water partition coefficient (Wildman–Crippen LogP) is 7.09. The highest BCUT2D eigenvalue weighted by Crippen LogP contribution is 2.32. The topological polar surface area (TPSA) is 38.3 Å². The Balaban J connectivity index is 1.34. The molecule has 0 saturated heterocycles. The first-order valence-corrected chi connectivity index (χ1v) is 11.0. The minimum absolute atomic E-state index is 0.171. The first-order chi connectivity index (χ1) is 15.1. The van der Waals surface area contributed by atoms with Gasteiger partial charge in [0.25, 0.3) is 5.91 Å². The number of halogens is 1. The molecule has 0 radical (unpaired) electrons. The third kappa shape index (κ3) is 5.52. The zero-order valence-electron chi connectivity index (χ0n) is 17.8. The summed E-state index contributed by atoms with van der Waals surface area (Å²) in [4.78, 5) is 12.6. The maximum absolute atomic E-state index is 13.1. The van der Waals surface area contributed by atoms with Crippen LogP contribution in [0.15, 0.2) is 72.8 Å². The number of nitrogens with one attached hydrogen (secondary N) is 1. The summed E-state index contributed by atoms with van der Waals surface area (Å²) in [5, 5.41) is 2.93. The molecule has 1 N–H and O–H groups in total. The highest BCUT2D eigenvalue weighted by Gasteiger charge is 2.22. The summed E-state index contributed by atoms with van der Waals surface area (Å²) in [7, 11) is 0. The van der Waals surface area contributed by atoms with Gasteiger partial charge >= 0.3 is 0 Å². The van der Waals surface area contributed by atoms with Crippen molar-refractivity contribution >= 4 is 11.6 Å². The summed E-state index contributed by atoms with van der Waals surface area (Å²) in [6.45, 7) is 2.17. The van der Waals surface area contributed by atoms with E-state index < -0.39 is 0 Å². The highest BCUT2D eigenvalue weighted by molar-refractivity contribution is 6.04. The van der Waals surface area contributed by atoms with Gasteiger partial charge in [-0.25, -0.2) is 4.39 Å². The number of carbonyl (C=O) groups is 1. The Morgan fingerprint density at radius 1 is 0.968 bits per heavy atom. The van der Waals surface area contributed by atoms with Crippen molar-refractivity contribution in [1.82, 2.24) is 0 Å². The summed E-state index contributed by atoms with van der Waals surface area (Å²) in [5.41, 5.74) is 3.14. The quantitative estimate of drug-likeness (QED) is 0.425. The molecule has 4 rings (SSSR count). The smallest absolute Gasteiger partial charge is 0.255 e. The van der Waals surface area contributed by atoms with E-state index in [0.29, 0.717) is 5.56 Å². The molecule has 1 atom stereocenters. The standard InChI is InChI=1S/C27H28FNO2/c1-2-25(18-19-4-3-5-19)31-26-16-14-24(15-17-26)29-27(30)22-8-6-20(7-9-22)21-10-12-23(28)13-11-21/h6-17,19,25H,2-5,18H2,1H3,(H,29,30). The molecule has 0 aliphatic heterocycles. The Kier molecular flexibility index (Phi) is 6.66. The second-order valence-electron chi connectivity index (χ2n) is 8.24. The summed E-state index contributed by atoms with van der Waals surface area (Å²) < 4.78 is 19.2. The molecular weight excluding hydrogens is 389 g/mol. The maximum Gasteiger partial charge on any atom is 0.255 e. The molecule has 3 aromatic rings. The molecular formula is C27H28FNO2.